The molecule has 3 rings (SSSR count). The highest BCUT2D eigenvalue weighted by atomic mass is 32.1. The van der Waals surface area contributed by atoms with Crippen molar-refractivity contribution in [3.8, 4) is 5.75 Å². The molecule has 6 nitrogen and oxygen atoms in total. The summed E-state index contributed by atoms with van der Waals surface area (Å²) in [6.07, 6.45) is 1.81. The molecule has 1 aromatic carbocycles. The minimum Gasteiger partial charge on any atom is -0.484 e. The lowest BCUT2D eigenvalue weighted by molar-refractivity contribution is -0.118. The number of amides is 2. The van der Waals surface area contributed by atoms with E-state index >= 15 is 0 Å². The van der Waals surface area contributed by atoms with Gasteiger partial charge in [0, 0.05) is 18.0 Å². The second kappa shape index (κ2) is 8.49. The van der Waals surface area contributed by atoms with E-state index in [9.17, 15) is 14.0 Å². The van der Waals surface area contributed by atoms with Gasteiger partial charge in [-0.25, -0.2) is 4.39 Å². The molecule has 27 heavy (non-hydrogen) atoms. The maximum absolute atomic E-state index is 12.9. The van der Waals surface area contributed by atoms with Gasteiger partial charge in [0.15, 0.2) is 6.61 Å². The smallest absolute Gasteiger partial charge is 0.262 e. The monoisotopic (exact) mass is 391 g/mol. The molecule has 2 heterocycles. The van der Waals surface area contributed by atoms with Gasteiger partial charge < -0.3 is 15.8 Å². The zero-order chi connectivity index (χ0) is 19.4. The standard InChI is InChI=1S/C19H22FN3O3S/c1-2-8-23-9-7-14-15(10-23)27-19(17(14)18(21)25)22-16(24)11-26-13-5-3-12(20)4-6-13/h3-6H,2,7-11H2,1H3,(H2,21,25)(H,22,24). The summed E-state index contributed by atoms with van der Waals surface area (Å²) in [5.41, 5.74) is 6.91. The van der Waals surface area contributed by atoms with Gasteiger partial charge in [-0.05, 0) is 49.2 Å². The lowest BCUT2D eigenvalue weighted by atomic mass is 10.0. The number of rotatable bonds is 7. The van der Waals surface area contributed by atoms with E-state index in [-0.39, 0.29) is 12.4 Å². The maximum atomic E-state index is 12.9. The van der Waals surface area contributed by atoms with E-state index in [1.165, 1.54) is 35.6 Å². The van der Waals surface area contributed by atoms with Gasteiger partial charge >= 0.3 is 0 Å². The molecule has 0 bridgehead atoms. The first-order chi connectivity index (χ1) is 13.0. The molecular formula is C19H22FN3O3S. The van der Waals surface area contributed by atoms with Crippen LogP contribution in [0.3, 0.4) is 0 Å². The Morgan fingerprint density at radius 3 is 2.74 bits per heavy atom. The summed E-state index contributed by atoms with van der Waals surface area (Å²) >= 11 is 1.39. The van der Waals surface area contributed by atoms with Crippen LogP contribution in [-0.2, 0) is 17.8 Å². The summed E-state index contributed by atoms with van der Waals surface area (Å²) in [7, 11) is 0. The van der Waals surface area contributed by atoms with Gasteiger partial charge in [0.1, 0.15) is 16.6 Å². The number of hydrogen-bond donors (Lipinski definition) is 2. The summed E-state index contributed by atoms with van der Waals surface area (Å²) in [4.78, 5) is 27.6. The van der Waals surface area contributed by atoms with Crippen molar-refractivity contribution in [3.05, 3.63) is 46.1 Å². The van der Waals surface area contributed by atoms with Gasteiger partial charge in [-0.2, -0.15) is 0 Å². The molecule has 0 saturated carbocycles. The molecule has 144 valence electrons. The fraction of sp³-hybridized carbons (Fsp3) is 0.368. The van der Waals surface area contributed by atoms with Gasteiger partial charge in [0.25, 0.3) is 11.8 Å². The van der Waals surface area contributed by atoms with E-state index in [1.807, 2.05) is 0 Å². The van der Waals surface area contributed by atoms with Gasteiger partial charge in [-0.1, -0.05) is 6.92 Å². The first-order valence-electron chi connectivity index (χ1n) is 8.82. The van der Waals surface area contributed by atoms with Crippen molar-refractivity contribution in [2.75, 3.05) is 25.0 Å². The number of benzene rings is 1. The van der Waals surface area contributed by atoms with Crippen molar-refractivity contribution in [2.24, 2.45) is 5.73 Å². The summed E-state index contributed by atoms with van der Waals surface area (Å²) in [6.45, 7) is 4.52. The molecule has 0 atom stereocenters. The molecule has 1 aliphatic rings. The topological polar surface area (TPSA) is 84.7 Å². The van der Waals surface area contributed by atoms with Crippen LogP contribution >= 0.6 is 11.3 Å². The zero-order valence-corrected chi connectivity index (χ0v) is 15.9. The Labute approximate surface area is 161 Å². The first kappa shape index (κ1) is 19.3. The van der Waals surface area contributed by atoms with Crippen LogP contribution in [0.5, 0.6) is 5.75 Å². The van der Waals surface area contributed by atoms with Crippen LogP contribution in [0.1, 0.15) is 34.1 Å². The second-order valence-electron chi connectivity index (χ2n) is 6.39. The van der Waals surface area contributed by atoms with Crippen LogP contribution < -0.4 is 15.8 Å². The largest absolute Gasteiger partial charge is 0.484 e. The van der Waals surface area contributed by atoms with Crippen LogP contribution in [0.2, 0.25) is 0 Å². The number of nitrogens with zero attached hydrogens (tertiary/aromatic N) is 1. The highest BCUT2D eigenvalue weighted by molar-refractivity contribution is 7.17. The molecule has 0 radical (unpaired) electrons. The number of hydrogen-bond acceptors (Lipinski definition) is 5. The van der Waals surface area contributed by atoms with Crippen molar-refractivity contribution in [1.29, 1.82) is 0 Å². The zero-order valence-electron chi connectivity index (χ0n) is 15.1. The first-order valence-corrected chi connectivity index (χ1v) is 9.64. The SMILES string of the molecule is CCCN1CCc2c(sc(NC(=O)COc3ccc(F)cc3)c2C(N)=O)C1. The van der Waals surface area contributed by atoms with E-state index in [4.69, 9.17) is 10.5 Å². The number of carbonyl (C=O) groups excluding carboxylic acids is 2. The van der Waals surface area contributed by atoms with Crippen LogP contribution in [0.25, 0.3) is 0 Å². The Balaban J connectivity index is 1.69. The third kappa shape index (κ3) is 4.64. The van der Waals surface area contributed by atoms with Crippen molar-refractivity contribution >= 4 is 28.2 Å². The Bertz CT molecular complexity index is 835. The molecule has 2 aromatic rings. The Morgan fingerprint density at radius 2 is 2.07 bits per heavy atom. The summed E-state index contributed by atoms with van der Waals surface area (Å²) in [5.74, 6) is -0.918. The van der Waals surface area contributed by atoms with Crippen molar-refractivity contribution < 1.29 is 18.7 Å². The molecule has 8 heteroatoms. The fourth-order valence-corrected chi connectivity index (χ4v) is 4.47. The number of nitrogens with two attached hydrogens (primary N) is 1. The van der Waals surface area contributed by atoms with Crippen LogP contribution in [0.4, 0.5) is 9.39 Å². The maximum Gasteiger partial charge on any atom is 0.262 e. The van der Waals surface area contributed by atoms with Gasteiger partial charge in [0.05, 0.1) is 5.56 Å². The summed E-state index contributed by atoms with van der Waals surface area (Å²) < 4.78 is 18.2. The quantitative estimate of drug-likeness (QED) is 0.760. The Hall–Kier alpha value is -2.45. The van der Waals surface area contributed by atoms with Crippen LogP contribution in [0.15, 0.2) is 24.3 Å². The summed E-state index contributed by atoms with van der Waals surface area (Å²) in [5, 5.41) is 3.21. The molecule has 0 spiro atoms. The van der Waals surface area contributed by atoms with Crippen molar-refractivity contribution in [3.63, 3.8) is 0 Å². The minimum absolute atomic E-state index is 0.242. The average molecular weight is 391 g/mol. The molecule has 1 aromatic heterocycles. The highest BCUT2D eigenvalue weighted by Crippen LogP contribution is 2.36. The number of ether oxygens (including phenoxy) is 1. The van der Waals surface area contributed by atoms with Gasteiger partial charge in [-0.15, -0.1) is 11.3 Å². The molecule has 2 amide bonds. The third-order valence-electron chi connectivity index (χ3n) is 4.36. The van der Waals surface area contributed by atoms with Gasteiger partial charge in [0.2, 0.25) is 0 Å². The van der Waals surface area contributed by atoms with Crippen LogP contribution in [-0.4, -0.2) is 36.4 Å². The Kier molecular flexibility index (Phi) is 6.08. The lowest BCUT2D eigenvalue weighted by Gasteiger charge is -2.26. The van der Waals surface area contributed by atoms with E-state index in [0.717, 1.165) is 42.9 Å². The molecular weight excluding hydrogens is 369 g/mol. The lowest BCUT2D eigenvalue weighted by Crippen LogP contribution is -2.31. The number of carbonyl (C=O) groups is 2. The Morgan fingerprint density at radius 1 is 1.33 bits per heavy atom. The normalized spacial score (nSPS) is 13.9. The molecule has 0 aliphatic carbocycles. The number of primary amides is 1. The summed E-state index contributed by atoms with van der Waals surface area (Å²) in [6, 6.07) is 5.41. The minimum atomic E-state index is -0.536. The third-order valence-corrected chi connectivity index (χ3v) is 5.49. The van der Waals surface area contributed by atoms with E-state index in [1.54, 1.807) is 0 Å². The molecule has 1 aliphatic heterocycles. The predicted molar refractivity (Wildman–Crippen MR) is 103 cm³/mol. The number of halogens is 1. The fourth-order valence-electron chi connectivity index (χ4n) is 3.15. The number of nitrogens with one attached hydrogen (secondary N) is 1. The molecule has 0 fully saturated rings. The number of fused-ring (bicyclic) bond motifs is 1. The molecule has 0 unspecified atom stereocenters. The van der Waals surface area contributed by atoms with Crippen molar-refractivity contribution in [1.82, 2.24) is 4.90 Å². The van der Waals surface area contributed by atoms with E-state index in [0.29, 0.717) is 16.3 Å². The predicted octanol–water partition coefficient (Wildman–Crippen LogP) is 2.77. The number of thiophene rings is 1. The highest BCUT2D eigenvalue weighted by Gasteiger charge is 2.27. The van der Waals surface area contributed by atoms with Gasteiger partial charge in [-0.3, -0.25) is 14.5 Å². The van der Waals surface area contributed by atoms with E-state index < -0.39 is 11.8 Å². The van der Waals surface area contributed by atoms with Crippen LogP contribution in [0, 0.1) is 5.82 Å². The van der Waals surface area contributed by atoms with E-state index in [2.05, 4.69) is 17.1 Å². The average Bonchev–Trinajstić information content (AvgIpc) is 2.98. The second-order valence-corrected chi connectivity index (χ2v) is 7.49. The molecule has 0 saturated heterocycles. The number of anilines is 1. The van der Waals surface area contributed by atoms with Crippen molar-refractivity contribution in [2.45, 2.75) is 26.3 Å². The molecule has 3 N–H and O–H groups in total.